The van der Waals surface area contributed by atoms with Crippen LogP contribution < -0.4 is 0 Å². The highest BCUT2D eigenvalue weighted by molar-refractivity contribution is 4.48. The maximum atomic E-state index is 8.63. The standard InChI is InChI=1S/C5H12O5/c6-1-4(7)2-10-3-5(8)9/h4-9H,1-3H2. The zero-order valence-electron chi connectivity index (χ0n) is 5.47. The van der Waals surface area contributed by atoms with Gasteiger partial charge in [0.05, 0.1) is 19.8 Å². The summed E-state index contributed by atoms with van der Waals surface area (Å²) in [5.41, 5.74) is 0. The summed E-state index contributed by atoms with van der Waals surface area (Å²) in [4.78, 5) is 0. The van der Waals surface area contributed by atoms with Gasteiger partial charge in [-0.3, -0.25) is 0 Å². The maximum absolute atomic E-state index is 8.63. The Balaban J connectivity index is 3.03. The molecule has 0 aromatic carbocycles. The summed E-state index contributed by atoms with van der Waals surface area (Å²) in [6.07, 6.45) is -2.47. The molecular formula is C5H12O5. The van der Waals surface area contributed by atoms with E-state index in [-0.39, 0.29) is 19.8 Å². The predicted molar refractivity (Wildman–Crippen MR) is 32.1 cm³/mol. The summed E-state index contributed by atoms with van der Waals surface area (Å²) < 4.78 is 4.54. The van der Waals surface area contributed by atoms with E-state index in [0.29, 0.717) is 0 Å². The zero-order chi connectivity index (χ0) is 7.98. The van der Waals surface area contributed by atoms with E-state index in [1.165, 1.54) is 0 Å². The van der Waals surface area contributed by atoms with Crippen LogP contribution in [0.3, 0.4) is 0 Å². The number of rotatable bonds is 5. The van der Waals surface area contributed by atoms with Gasteiger partial charge in [0.2, 0.25) is 0 Å². The van der Waals surface area contributed by atoms with E-state index in [9.17, 15) is 0 Å². The molecule has 10 heavy (non-hydrogen) atoms. The van der Waals surface area contributed by atoms with Crippen molar-refractivity contribution in [3.63, 3.8) is 0 Å². The van der Waals surface area contributed by atoms with Crippen molar-refractivity contribution in [1.29, 1.82) is 0 Å². The smallest absolute Gasteiger partial charge is 0.175 e. The summed E-state index contributed by atoms with van der Waals surface area (Å²) in [5, 5.41) is 33.3. The minimum absolute atomic E-state index is 0.0892. The summed E-state index contributed by atoms with van der Waals surface area (Å²) in [7, 11) is 0. The Kier molecular flexibility index (Phi) is 5.46. The molecule has 0 aromatic heterocycles. The van der Waals surface area contributed by atoms with Crippen molar-refractivity contribution in [2.75, 3.05) is 19.8 Å². The second kappa shape index (κ2) is 5.57. The van der Waals surface area contributed by atoms with E-state index in [4.69, 9.17) is 20.4 Å². The van der Waals surface area contributed by atoms with Crippen molar-refractivity contribution in [3.05, 3.63) is 0 Å². The Morgan fingerprint density at radius 2 is 1.70 bits per heavy atom. The molecule has 0 aliphatic heterocycles. The average molecular weight is 152 g/mol. The first kappa shape index (κ1) is 9.80. The van der Waals surface area contributed by atoms with Crippen molar-refractivity contribution >= 4 is 0 Å². The fourth-order valence-electron chi connectivity index (χ4n) is 0.362. The topological polar surface area (TPSA) is 90.2 Å². The van der Waals surface area contributed by atoms with Crippen LogP contribution in [0, 0.1) is 0 Å². The van der Waals surface area contributed by atoms with Gasteiger partial charge in [0.15, 0.2) is 6.29 Å². The molecule has 5 nitrogen and oxygen atoms in total. The predicted octanol–water partition coefficient (Wildman–Crippen LogP) is -2.33. The number of ether oxygens (including phenoxy) is 1. The van der Waals surface area contributed by atoms with Crippen molar-refractivity contribution in [3.8, 4) is 0 Å². The molecular weight excluding hydrogens is 140 g/mol. The molecule has 0 heterocycles. The van der Waals surface area contributed by atoms with Crippen LogP contribution in [-0.4, -0.2) is 52.6 Å². The molecule has 0 aliphatic carbocycles. The van der Waals surface area contributed by atoms with E-state index < -0.39 is 12.4 Å². The second-order valence-electron chi connectivity index (χ2n) is 1.85. The van der Waals surface area contributed by atoms with Gasteiger partial charge in [0, 0.05) is 0 Å². The maximum Gasteiger partial charge on any atom is 0.175 e. The van der Waals surface area contributed by atoms with Gasteiger partial charge in [-0.05, 0) is 0 Å². The van der Waals surface area contributed by atoms with Crippen LogP contribution in [0.1, 0.15) is 0 Å². The molecule has 0 saturated carbocycles. The van der Waals surface area contributed by atoms with Crippen molar-refractivity contribution in [2.45, 2.75) is 12.4 Å². The first-order chi connectivity index (χ1) is 4.66. The van der Waals surface area contributed by atoms with Crippen LogP contribution in [-0.2, 0) is 4.74 Å². The van der Waals surface area contributed by atoms with Gasteiger partial charge in [-0.1, -0.05) is 0 Å². The minimum atomic E-state index is -1.52. The third-order valence-corrected chi connectivity index (χ3v) is 0.788. The molecule has 4 N–H and O–H groups in total. The Morgan fingerprint density at radius 1 is 1.10 bits per heavy atom. The number of aliphatic hydroxyl groups excluding tert-OH is 3. The lowest BCUT2D eigenvalue weighted by molar-refractivity contribution is -0.108. The second-order valence-corrected chi connectivity index (χ2v) is 1.85. The highest BCUT2D eigenvalue weighted by atomic mass is 16.5. The number of hydrogen-bond donors (Lipinski definition) is 4. The molecule has 62 valence electrons. The molecule has 0 fully saturated rings. The largest absolute Gasteiger partial charge is 0.394 e. The minimum Gasteiger partial charge on any atom is -0.394 e. The molecule has 1 atom stereocenters. The molecule has 0 radical (unpaired) electrons. The van der Waals surface area contributed by atoms with Crippen LogP contribution in [0.15, 0.2) is 0 Å². The molecule has 1 unspecified atom stereocenters. The first-order valence-corrected chi connectivity index (χ1v) is 2.89. The van der Waals surface area contributed by atoms with E-state index in [1.807, 2.05) is 0 Å². The van der Waals surface area contributed by atoms with Gasteiger partial charge in [-0.25, -0.2) is 0 Å². The van der Waals surface area contributed by atoms with Gasteiger partial charge in [-0.15, -0.1) is 0 Å². The van der Waals surface area contributed by atoms with Crippen LogP contribution in [0.2, 0.25) is 0 Å². The fraction of sp³-hybridized carbons (Fsp3) is 1.00. The molecule has 0 spiro atoms. The molecule has 0 aliphatic rings. The molecule has 5 heteroatoms. The van der Waals surface area contributed by atoms with Gasteiger partial charge >= 0.3 is 0 Å². The Bertz CT molecular complexity index is 74.4. The van der Waals surface area contributed by atoms with Gasteiger partial charge in [-0.2, -0.15) is 0 Å². The van der Waals surface area contributed by atoms with Gasteiger partial charge in [0.25, 0.3) is 0 Å². The van der Waals surface area contributed by atoms with Crippen molar-refractivity contribution in [1.82, 2.24) is 0 Å². The Morgan fingerprint density at radius 3 is 2.10 bits per heavy atom. The van der Waals surface area contributed by atoms with E-state index in [2.05, 4.69) is 4.74 Å². The third-order valence-electron chi connectivity index (χ3n) is 0.788. The molecule has 0 bridgehead atoms. The summed E-state index contributed by atoms with van der Waals surface area (Å²) in [6.45, 7) is -0.729. The molecule has 0 rings (SSSR count). The summed E-state index contributed by atoms with van der Waals surface area (Å²) in [5.74, 6) is 0. The van der Waals surface area contributed by atoms with Crippen molar-refractivity contribution < 1.29 is 25.2 Å². The Labute approximate surface area is 58.5 Å². The van der Waals surface area contributed by atoms with Gasteiger partial charge in [0.1, 0.15) is 6.10 Å². The van der Waals surface area contributed by atoms with E-state index in [1.54, 1.807) is 0 Å². The zero-order valence-corrected chi connectivity index (χ0v) is 5.47. The monoisotopic (exact) mass is 152 g/mol. The van der Waals surface area contributed by atoms with E-state index in [0.717, 1.165) is 0 Å². The Hall–Kier alpha value is -0.200. The first-order valence-electron chi connectivity index (χ1n) is 2.89. The fourth-order valence-corrected chi connectivity index (χ4v) is 0.362. The summed E-state index contributed by atoms with van der Waals surface area (Å²) in [6, 6.07) is 0. The molecule has 0 saturated heterocycles. The van der Waals surface area contributed by atoms with E-state index >= 15 is 0 Å². The van der Waals surface area contributed by atoms with Gasteiger partial charge < -0.3 is 25.2 Å². The quantitative estimate of drug-likeness (QED) is 0.332. The van der Waals surface area contributed by atoms with Crippen LogP contribution in [0.4, 0.5) is 0 Å². The normalized spacial score (nSPS) is 14.1. The molecule has 0 amide bonds. The summed E-state index contributed by atoms with van der Waals surface area (Å²) >= 11 is 0. The highest BCUT2D eigenvalue weighted by Crippen LogP contribution is 1.84. The average Bonchev–Trinajstić information content (AvgIpc) is 1.87. The lowest BCUT2D eigenvalue weighted by Gasteiger charge is -2.08. The lowest BCUT2D eigenvalue weighted by Crippen LogP contribution is -2.23. The SMILES string of the molecule is OCC(O)COCC(O)O. The number of aliphatic hydroxyl groups is 4. The van der Waals surface area contributed by atoms with Crippen LogP contribution in [0.25, 0.3) is 0 Å². The number of hydrogen-bond acceptors (Lipinski definition) is 5. The van der Waals surface area contributed by atoms with Crippen molar-refractivity contribution in [2.24, 2.45) is 0 Å². The molecule has 0 aromatic rings. The van der Waals surface area contributed by atoms with Crippen LogP contribution in [0.5, 0.6) is 0 Å². The van der Waals surface area contributed by atoms with Crippen LogP contribution >= 0.6 is 0 Å². The third kappa shape index (κ3) is 5.93. The lowest BCUT2D eigenvalue weighted by atomic mass is 10.4. The highest BCUT2D eigenvalue weighted by Gasteiger charge is 2.02.